The normalized spacial score (nSPS) is 13.1. The van der Waals surface area contributed by atoms with Crippen molar-refractivity contribution in [2.24, 2.45) is 0 Å². The third-order valence-electron chi connectivity index (χ3n) is 2.06. The molecule has 0 saturated heterocycles. The van der Waals surface area contributed by atoms with E-state index in [1.165, 1.54) is 0 Å². The number of unbranched alkanes of at least 4 members (excludes halogenated alkanes) is 2. The summed E-state index contributed by atoms with van der Waals surface area (Å²) in [4.78, 5) is 0. The van der Waals surface area contributed by atoms with E-state index in [0.717, 1.165) is 12.8 Å². The van der Waals surface area contributed by atoms with Crippen molar-refractivity contribution >= 4 is 18.5 Å². The molecule has 0 heterocycles. The van der Waals surface area contributed by atoms with Crippen LogP contribution in [0.15, 0.2) is 0 Å². The highest BCUT2D eigenvalue weighted by Gasteiger charge is 2.47. The molecule has 0 aliphatic carbocycles. The zero-order chi connectivity index (χ0) is 15.6. The highest BCUT2D eigenvalue weighted by atomic mass is 32.2. The van der Waals surface area contributed by atoms with Crippen LogP contribution >= 0.6 is 8.38 Å². The van der Waals surface area contributed by atoms with E-state index in [1.807, 2.05) is 13.8 Å². The van der Waals surface area contributed by atoms with E-state index in [-0.39, 0.29) is 0 Å². The molecule has 0 aliphatic rings. The molecule has 0 bridgehead atoms. The quantitative estimate of drug-likeness (QED) is 0.248. The van der Waals surface area contributed by atoms with E-state index in [2.05, 4.69) is 4.18 Å². The maximum atomic E-state index is 12.1. The molecule has 0 radical (unpaired) electrons. The first kappa shape index (κ1) is 20.1. The average molecular weight is 340 g/mol. The summed E-state index contributed by atoms with van der Waals surface area (Å²) in [5.74, 6) is 0. The Bertz CT molecular complexity index is 337. The van der Waals surface area contributed by atoms with Crippen LogP contribution in [0.4, 0.5) is 13.2 Å². The summed E-state index contributed by atoms with van der Waals surface area (Å²) < 4.78 is 72.3. The van der Waals surface area contributed by atoms with E-state index >= 15 is 0 Å². The number of hydrogen-bond donors (Lipinski definition) is 0. The maximum absolute atomic E-state index is 12.1. The Morgan fingerprint density at radius 1 is 1.00 bits per heavy atom. The lowest BCUT2D eigenvalue weighted by Gasteiger charge is -2.17. The molecule has 0 aliphatic heterocycles. The lowest BCUT2D eigenvalue weighted by molar-refractivity contribution is -0.0533. The van der Waals surface area contributed by atoms with Crippen molar-refractivity contribution in [1.82, 2.24) is 0 Å². The minimum absolute atomic E-state index is 0.295. The minimum atomic E-state index is -5.60. The van der Waals surface area contributed by atoms with Gasteiger partial charge in [0, 0.05) is 0 Å². The molecule has 20 heavy (non-hydrogen) atoms. The molecular weight excluding hydrogens is 320 g/mol. The molecule has 10 heteroatoms. The largest absolute Gasteiger partial charge is 0.523 e. The van der Waals surface area contributed by atoms with Crippen molar-refractivity contribution in [1.29, 1.82) is 0 Å². The topological polar surface area (TPSA) is 61.8 Å². The Morgan fingerprint density at radius 2 is 1.45 bits per heavy atom. The van der Waals surface area contributed by atoms with Crippen LogP contribution in [0.5, 0.6) is 0 Å². The Hall–Kier alpha value is 0.0500. The SMILES string of the molecule is CCCCOP(COS(=O)(=O)C(F)(F)F)OCCCC. The molecule has 0 amide bonds. The number of hydrogen-bond acceptors (Lipinski definition) is 5. The lowest BCUT2D eigenvalue weighted by Crippen LogP contribution is -2.25. The van der Waals surface area contributed by atoms with Gasteiger partial charge < -0.3 is 9.05 Å². The Balaban J connectivity index is 4.33. The molecule has 0 spiro atoms. The first-order chi connectivity index (χ1) is 9.24. The van der Waals surface area contributed by atoms with E-state index in [0.29, 0.717) is 26.1 Å². The summed E-state index contributed by atoms with van der Waals surface area (Å²) in [5, 5.41) is 0. The average Bonchev–Trinajstić information content (AvgIpc) is 2.34. The monoisotopic (exact) mass is 340 g/mol. The Kier molecular flexibility index (Phi) is 9.92. The van der Waals surface area contributed by atoms with Crippen molar-refractivity contribution in [2.45, 2.75) is 45.0 Å². The lowest BCUT2D eigenvalue weighted by atomic mass is 10.4. The van der Waals surface area contributed by atoms with Crippen LogP contribution in [0.2, 0.25) is 0 Å². The van der Waals surface area contributed by atoms with Gasteiger partial charge in [-0.3, -0.25) is 4.18 Å². The molecule has 0 aromatic rings. The van der Waals surface area contributed by atoms with Crippen molar-refractivity contribution in [3.05, 3.63) is 0 Å². The van der Waals surface area contributed by atoms with Gasteiger partial charge in [0.05, 0.1) is 13.2 Å². The first-order valence-electron chi connectivity index (χ1n) is 6.23. The second-order valence-electron chi connectivity index (χ2n) is 3.85. The third-order valence-corrected chi connectivity index (χ3v) is 4.51. The van der Waals surface area contributed by atoms with E-state index in [4.69, 9.17) is 9.05 Å². The fourth-order valence-corrected chi connectivity index (χ4v) is 2.83. The van der Waals surface area contributed by atoms with Crippen LogP contribution in [0.25, 0.3) is 0 Å². The van der Waals surface area contributed by atoms with Gasteiger partial charge in [0.2, 0.25) is 0 Å². The molecule has 122 valence electrons. The van der Waals surface area contributed by atoms with Crippen LogP contribution < -0.4 is 0 Å². The van der Waals surface area contributed by atoms with Crippen LogP contribution in [-0.4, -0.2) is 33.5 Å². The van der Waals surface area contributed by atoms with Crippen molar-refractivity contribution in [3.63, 3.8) is 0 Å². The third kappa shape index (κ3) is 8.36. The summed E-state index contributed by atoms with van der Waals surface area (Å²) in [6.45, 7) is 4.44. The van der Waals surface area contributed by atoms with E-state index in [9.17, 15) is 21.6 Å². The zero-order valence-electron chi connectivity index (χ0n) is 11.5. The van der Waals surface area contributed by atoms with E-state index < -0.39 is 30.3 Å². The van der Waals surface area contributed by atoms with Gasteiger partial charge in [-0.25, -0.2) is 0 Å². The highest BCUT2D eigenvalue weighted by Crippen LogP contribution is 2.40. The second kappa shape index (κ2) is 9.89. The smallest absolute Gasteiger partial charge is 0.332 e. The standard InChI is InChI=1S/C10H20F3O5PS/c1-3-5-7-16-19(17-8-6-4-2)9-18-20(14,15)10(11,12)13/h3-9H2,1-2H3. The predicted molar refractivity (Wildman–Crippen MR) is 69.6 cm³/mol. The summed E-state index contributed by atoms with van der Waals surface area (Å²) in [5.41, 5.74) is -5.43. The van der Waals surface area contributed by atoms with Gasteiger partial charge >= 0.3 is 15.6 Å². The summed E-state index contributed by atoms with van der Waals surface area (Å²) in [7, 11) is -7.39. The molecule has 0 rings (SSSR count). The Morgan fingerprint density at radius 3 is 1.80 bits per heavy atom. The summed E-state index contributed by atoms with van der Waals surface area (Å²) >= 11 is 0. The fraction of sp³-hybridized carbons (Fsp3) is 1.00. The molecule has 0 fully saturated rings. The molecule has 0 saturated carbocycles. The van der Waals surface area contributed by atoms with Gasteiger partial charge in [-0.05, 0) is 12.8 Å². The van der Waals surface area contributed by atoms with Gasteiger partial charge in [-0.1, -0.05) is 26.7 Å². The molecule has 0 atom stereocenters. The van der Waals surface area contributed by atoms with Crippen LogP contribution in [-0.2, 0) is 23.3 Å². The number of rotatable bonds is 11. The maximum Gasteiger partial charge on any atom is 0.523 e. The summed E-state index contributed by atoms with van der Waals surface area (Å²) in [6, 6.07) is 0. The molecule has 0 N–H and O–H groups in total. The second-order valence-corrected chi connectivity index (χ2v) is 6.90. The molecule has 5 nitrogen and oxygen atoms in total. The molecule has 0 aromatic heterocycles. The van der Waals surface area contributed by atoms with Crippen molar-refractivity contribution in [2.75, 3.05) is 19.6 Å². The highest BCUT2D eigenvalue weighted by molar-refractivity contribution is 7.87. The number of halogens is 3. The van der Waals surface area contributed by atoms with Gasteiger partial charge in [0.1, 0.15) is 6.35 Å². The van der Waals surface area contributed by atoms with E-state index in [1.54, 1.807) is 0 Å². The summed E-state index contributed by atoms with van der Waals surface area (Å²) in [6.07, 6.45) is 2.37. The Labute approximate surface area is 118 Å². The fourth-order valence-electron chi connectivity index (χ4n) is 0.912. The van der Waals surface area contributed by atoms with Gasteiger partial charge in [-0.15, -0.1) is 0 Å². The minimum Gasteiger partial charge on any atom is -0.332 e. The van der Waals surface area contributed by atoms with Crippen LogP contribution in [0, 0.1) is 0 Å². The van der Waals surface area contributed by atoms with Crippen LogP contribution in [0.1, 0.15) is 39.5 Å². The van der Waals surface area contributed by atoms with Gasteiger partial charge in [-0.2, -0.15) is 21.6 Å². The van der Waals surface area contributed by atoms with Crippen LogP contribution in [0.3, 0.4) is 0 Å². The molecule has 0 unspecified atom stereocenters. The predicted octanol–water partition coefficient (Wildman–Crippen LogP) is 3.76. The molecule has 0 aromatic carbocycles. The van der Waals surface area contributed by atoms with Gasteiger partial charge in [0.25, 0.3) is 0 Å². The molecular formula is C10H20F3O5PS. The van der Waals surface area contributed by atoms with Gasteiger partial charge in [0.15, 0.2) is 8.38 Å². The number of alkyl halides is 3. The van der Waals surface area contributed by atoms with Crippen molar-refractivity contribution in [3.8, 4) is 0 Å². The zero-order valence-corrected chi connectivity index (χ0v) is 13.2. The van der Waals surface area contributed by atoms with Crippen molar-refractivity contribution < 1.29 is 34.8 Å². The first-order valence-corrected chi connectivity index (χ1v) is 9.00.